The van der Waals surface area contributed by atoms with Gasteiger partial charge in [-0.25, -0.2) is 5.43 Å². The predicted molar refractivity (Wildman–Crippen MR) is 83.3 cm³/mol. The highest BCUT2D eigenvalue weighted by Gasteiger charge is 2.28. The lowest BCUT2D eigenvalue weighted by atomic mass is 10.1. The van der Waals surface area contributed by atoms with Crippen molar-refractivity contribution in [3.63, 3.8) is 0 Å². The molecule has 1 aromatic rings. The fraction of sp³-hybridized carbons (Fsp3) is 0.533. The van der Waals surface area contributed by atoms with Crippen molar-refractivity contribution in [2.24, 2.45) is 0 Å². The number of amides is 1. The summed E-state index contributed by atoms with van der Waals surface area (Å²) in [5, 5.41) is 3.44. The van der Waals surface area contributed by atoms with E-state index in [0.29, 0.717) is 30.0 Å². The summed E-state index contributed by atoms with van der Waals surface area (Å²) in [7, 11) is 0. The molecule has 1 aliphatic rings. The second-order valence-corrected chi connectivity index (χ2v) is 5.54. The van der Waals surface area contributed by atoms with E-state index in [1.165, 1.54) is 0 Å². The Hall–Kier alpha value is -1.30. The van der Waals surface area contributed by atoms with E-state index in [4.69, 9.17) is 16.3 Å². The van der Waals surface area contributed by atoms with Crippen molar-refractivity contribution in [1.29, 1.82) is 0 Å². The van der Waals surface area contributed by atoms with Crippen LogP contribution in [0.5, 0.6) is 5.75 Å². The largest absolute Gasteiger partial charge is 0.490 e. The molecule has 0 saturated carbocycles. The van der Waals surface area contributed by atoms with Crippen LogP contribution in [0.25, 0.3) is 0 Å². The van der Waals surface area contributed by atoms with Gasteiger partial charge in [0, 0.05) is 6.04 Å². The molecular formula is C15H22ClN3O2. The molecule has 1 amide bonds. The fourth-order valence-corrected chi connectivity index (χ4v) is 2.54. The Balaban J connectivity index is 1.65. The number of ether oxygens (including phenoxy) is 1. The van der Waals surface area contributed by atoms with Crippen LogP contribution in [-0.4, -0.2) is 31.1 Å². The Labute approximate surface area is 130 Å². The number of hydrogen-bond donors (Lipinski definition) is 3. The van der Waals surface area contributed by atoms with Gasteiger partial charge >= 0.3 is 0 Å². The molecule has 1 heterocycles. The molecule has 0 spiro atoms. The minimum atomic E-state index is -0.165. The monoisotopic (exact) mass is 311 g/mol. The van der Waals surface area contributed by atoms with Gasteiger partial charge in [-0.05, 0) is 25.0 Å². The summed E-state index contributed by atoms with van der Waals surface area (Å²) in [5.74, 6) is 0.640. The number of hydrazine groups is 1. The van der Waals surface area contributed by atoms with E-state index in [1.54, 1.807) is 6.07 Å². The maximum absolute atomic E-state index is 12.0. The number of para-hydroxylation sites is 1. The number of rotatable bonds is 7. The molecular weight excluding hydrogens is 290 g/mol. The molecule has 1 aliphatic heterocycles. The SMILES string of the molecule is CCCC1CC(C(=O)NCCOc2ccccc2Cl)NN1. The number of halogens is 1. The topological polar surface area (TPSA) is 62.4 Å². The highest BCUT2D eigenvalue weighted by Crippen LogP contribution is 2.22. The predicted octanol–water partition coefficient (Wildman–Crippen LogP) is 1.87. The van der Waals surface area contributed by atoms with Crippen LogP contribution < -0.4 is 20.9 Å². The van der Waals surface area contributed by atoms with Crippen molar-refractivity contribution in [1.82, 2.24) is 16.2 Å². The zero-order valence-electron chi connectivity index (χ0n) is 12.2. The van der Waals surface area contributed by atoms with E-state index in [1.807, 2.05) is 18.2 Å². The van der Waals surface area contributed by atoms with Crippen molar-refractivity contribution >= 4 is 17.5 Å². The molecule has 0 bridgehead atoms. The van der Waals surface area contributed by atoms with E-state index in [-0.39, 0.29) is 11.9 Å². The summed E-state index contributed by atoms with van der Waals surface area (Å²) in [6, 6.07) is 7.51. The van der Waals surface area contributed by atoms with Crippen molar-refractivity contribution in [2.45, 2.75) is 38.3 Å². The third kappa shape index (κ3) is 4.88. The molecule has 3 N–H and O–H groups in total. The summed E-state index contributed by atoms with van der Waals surface area (Å²) in [4.78, 5) is 12.0. The first-order valence-electron chi connectivity index (χ1n) is 7.36. The van der Waals surface area contributed by atoms with Crippen LogP contribution in [0.3, 0.4) is 0 Å². The highest BCUT2D eigenvalue weighted by atomic mass is 35.5. The van der Waals surface area contributed by atoms with Gasteiger partial charge in [0.05, 0.1) is 11.6 Å². The summed E-state index contributed by atoms with van der Waals surface area (Å²) in [5.41, 5.74) is 6.19. The molecule has 2 rings (SSSR count). The summed E-state index contributed by atoms with van der Waals surface area (Å²) in [6.45, 7) is 3.00. The summed E-state index contributed by atoms with van der Waals surface area (Å²) in [6.07, 6.45) is 3.01. The molecule has 1 saturated heterocycles. The number of nitrogens with one attached hydrogen (secondary N) is 3. The second-order valence-electron chi connectivity index (χ2n) is 5.13. The second kappa shape index (κ2) is 8.22. The fourth-order valence-electron chi connectivity index (χ4n) is 2.35. The highest BCUT2D eigenvalue weighted by molar-refractivity contribution is 6.32. The molecule has 0 aliphatic carbocycles. The van der Waals surface area contributed by atoms with Crippen LogP contribution in [0.1, 0.15) is 26.2 Å². The Kier molecular flexibility index (Phi) is 6.29. The third-order valence-electron chi connectivity index (χ3n) is 3.43. The molecule has 1 fully saturated rings. The molecule has 5 nitrogen and oxygen atoms in total. The number of hydrogen-bond acceptors (Lipinski definition) is 4. The van der Waals surface area contributed by atoms with Gasteiger partial charge in [0.2, 0.25) is 5.91 Å². The minimum Gasteiger partial charge on any atom is -0.490 e. The van der Waals surface area contributed by atoms with Gasteiger partial charge in [0.25, 0.3) is 0 Å². The lowest BCUT2D eigenvalue weighted by molar-refractivity contribution is -0.123. The van der Waals surface area contributed by atoms with Crippen LogP contribution in [0.15, 0.2) is 24.3 Å². The molecule has 116 valence electrons. The van der Waals surface area contributed by atoms with Gasteiger partial charge in [-0.3, -0.25) is 10.2 Å². The van der Waals surface area contributed by atoms with E-state index < -0.39 is 0 Å². The molecule has 1 aromatic carbocycles. The average Bonchev–Trinajstić information content (AvgIpc) is 2.94. The zero-order valence-corrected chi connectivity index (χ0v) is 13.0. The number of carbonyl (C=O) groups excluding carboxylic acids is 1. The van der Waals surface area contributed by atoms with Crippen LogP contribution in [0.2, 0.25) is 5.02 Å². The molecule has 6 heteroatoms. The van der Waals surface area contributed by atoms with Crippen molar-refractivity contribution in [3.05, 3.63) is 29.3 Å². The zero-order chi connectivity index (χ0) is 15.1. The average molecular weight is 312 g/mol. The molecule has 0 aromatic heterocycles. The lowest BCUT2D eigenvalue weighted by Crippen LogP contribution is -2.44. The Bertz CT molecular complexity index is 470. The van der Waals surface area contributed by atoms with Crippen molar-refractivity contribution in [3.8, 4) is 5.75 Å². The van der Waals surface area contributed by atoms with Crippen LogP contribution in [0.4, 0.5) is 0 Å². The van der Waals surface area contributed by atoms with E-state index in [0.717, 1.165) is 19.3 Å². The summed E-state index contributed by atoms with van der Waals surface area (Å²) >= 11 is 5.98. The normalized spacial score (nSPS) is 21.2. The number of benzene rings is 1. The van der Waals surface area contributed by atoms with E-state index in [2.05, 4.69) is 23.1 Å². The van der Waals surface area contributed by atoms with Gasteiger partial charge in [-0.2, -0.15) is 0 Å². The Morgan fingerprint density at radius 3 is 3.00 bits per heavy atom. The van der Waals surface area contributed by atoms with E-state index >= 15 is 0 Å². The van der Waals surface area contributed by atoms with Gasteiger partial charge in [0.15, 0.2) is 0 Å². The van der Waals surface area contributed by atoms with Gasteiger partial charge < -0.3 is 10.1 Å². The van der Waals surface area contributed by atoms with Crippen molar-refractivity contribution < 1.29 is 9.53 Å². The van der Waals surface area contributed by atoms with Crippen LogP contribution >= 0.6 is 11.6 Å². The number of carbonyl (C=O) groups is 1. The van der Waals surface area contributed by atoms with E-state index in [9.17, 15) is 4.79 Å². The lowest BCUT2D eigenvalue weighted by Gasteiger charge is -2.12. The van der Waals surface area contributed by atoms with Crippen LogP contribution in [-0.2, 0) is 4.79 Å². The maximum atomic E-state index is 12.0. The first kappa shape index (κ1) is 16.1. The minimum absolute atomic E-state index is 0.00358. The molecule has 2 atom stereocenters. The van der Waals surface area contributed by atoms with Crippen molar-refractivity contribution in [2.75, 3.05) is 13.2 Å². The maximum Gasteiger partial charge on any atom is 0.238 e. The Morgan fingerprint density at radius 2 is 2.24 bits per heavy atom. The van der Waals surface area contributed by atoms with Gasteiger partial charge in [-0.15, -0.1) is 0 Å². The van der Waals surface area contributed by atoms with Crippen LogP contribution in [0, 0.1) is 0 Å². The first-order valence-corrected chi connectivity index (χ1v) is 7.74. The smallest absolute Gasteiger partial charge is 0.238 e. The van der Waals surface area contributed by atoms with Gasteiger partial charge in [-0.1, -0.05) is 37.1 Å². The first-order chi connectivity index (χ1) is 10.2. The Morgan fingerprint density at radius 1 is 1.43 bits per heavy atom. The molecule has 21 heavy (non-hydrogen) atoms. The summed E-state index contributed by atoms with van der Waals surface area (Å²) < 4.78 is 5.53. The molecule has 2 unspecified atom stereocenters. The standard InChI is InChI=1S/C15H22ClN3O2/c1-2-5-11-10-13(19-18-11)15(20)17-8-9-21-14-7-4-3-6-12(14)16/h3-4,6-7,11,13,18-19H,2,5,8-10H2,1H3,(H,17,20). The quantitative estimate of drug-likeness (QED) is 0.673. The third-order valence-corrected chi connectivity index (χ3v) is 3.74. The molecule has 0 radical (unpaired) electrons. The van der Waals surface area contributed by atoms with Gasteiger partial charge in [0.1, 0.15) is 18.4 Å².